The van der Waals surface area contributed by atoms with Gasteiger partial charge < -0.3 is 9.41 Å². The van der Waals surface area contributed by atoms with Crippen LogP contribution in [0.1, 0.15) is 0 Å². The van der Waals surface area contributed by atoms with Crippen LogP contribution in [0.25, 0.3) is 10.9 Å². The normalized spacial score (nSPS) is 11.8. The summed E-state index contributed by atoms with van der Waals surface area (Å²) >= 11 is 0. The van der Waals surface area contributed by atoms with Crippen molar-refractivity contribution in [1.29, 1.82) is 0 Å². The second-order valence-corrected chi connectivity index (χ2v) is 4.03. The van der Waals surface area contributed by atoms with E-state index in [9.17, 15) is 4.57 Å². The molecule has 0 saturated heterocycles. The zero-order chi connectivity index (χ0) is 11.4. The summed E-state index contributed by atoms with van der Waals surface area (Å²) in [6, 6.07) is 9.10. The summed E-state index contributed by atoms with van der Waals surface area (Å²) in [4.78, 5) is 9.07. The van der Waals surface area contributed by atoms with E-state index in [0.717, 1.165) is 5.39 Å². The topological polar surface area (TPSA) is 57.7 Å². The molecule has 1 heterocycles. The molecule has 17 heavy (non-hydrogen) atoms. The van der Waals surface area contributed by atoms with Gasteiger partial charge in [0.2, 0.25) is 0 Å². The fraction of sp³-hybridized carbons (Fsp3) is 0.100. The molecule has 5 nitrogen and oxygen atoms in total. The molecule has 1 atom stereocenters. The predicted octanol–water partition coefficient (Wildman–Crippen LogP) is 2.20. The van der Waals surface area contributed by atoms with Crippen molar-refractivity contribution < 1.29 is 18.7 Å². The van der Waals surface area contributed by atoms with Gasteiger partial charge in [-0.2, -0.15) is 0 Å². The molecule has 0 bridgehead atoms. The van der Waals surface area contributed by atoms with E-state index in [4.69, 9.17) is 4.89 Å². The van der Waals surface area contributed by atoms with Gasteiger partial charge in [0, 0.05) is 48.3 Å². The maximum atomic E-state index is 10.9. The van der Waals surface area contributed by atoms with Gasteiger partial charge in [-0.25, -0.2) is 0 Å². The Morgan fingerprint density at radius 3 is 2.76 bits per heavy atom. The second-order valence-electron chi connectivity index (χ2n) is 2.95. The van der Waals surface area contributed by atoms with E-state index in [1.807, 2.05) is 18.2 Å². The van der Waals surface area contributed by atoms with Crippen molar-refractivity contribution in [3.05, 3.63) is 36.5 Å². The van der Waals surface area contributed by atoms with Crippen LogP contribution in [0, 0.1) is 0 Å². The van der Waals surface area contributed by atoms with Gasteiger partial charge in [-0.3, -0.25) is 9.55 Å². The predicted molar refractivity (Wildman–Crippen MR) is 65.2 cm³/mol. The van der Waals surface area contributed by atoms with E-state index in [1.54, 1.807) is 18.3 Å². The average molecular weight is 262 g/mol. The van der Waals surface area contributed by atoms with Gasteiger partial charge in [-0.15, -0.1) is 4.67 Å². The number of rotatable bonds is 4. The minimum absolute atomic E-state index is 0. The molecule has 1 radical (unpaired) electrons. The molecule has 0 fully saturated rings. The van der Waals surface area contributed by atoms with Crippen LogP contribution in [0.2, 0.25) is 0 Å². The monoisotopic (exact) mass is 262 g/mol. The number of benzene rings is 1. The molecular formula is C10H10NNaO4P. The summed E-state index contributed by atoms with van der Waals surface area (Å²) in [6.07, 6.45) is 1.65. The molecule has 2 rings (SSSR count). The van der Waals surface area contributed by atoms with Crippen LogP contribution in [-0.4, -0.2) is 41.7 Å². The van der Waals surface area contributed by atoms with Gasteiger partial charge in [0.25, 0.3) is 0 Å². The molecule has 0 aliphatic heterocycles. The van der Waals surface area contributed by atoms with Gasteiger partial charge in [0.15, 0.2) is 5.75 Å². The van der Waals surface area contributed by atoms with Crippen LogP contribution in [-0.2, 0) is 13.8 Å². The number of aromatic nitrogens is 1. The van der Waals surface area contributed by atoms with Crippen molar-refractivity contribution in [1.82, 2.24) is 4.98 Å². The van der Waals surface area contributed by atoms with E-state index in [-0.39, 0.29) is 29.6 Å². The van der Waals surface area contributed by atoms with Gasteiger partial charge >= 0.3 is 8.25 Å². The third-order valence-electron chi connectivity index (χ3n) is 1.96. The fourth-order valence-electron chi connectivity index (χ4n) is 1.26. The van der Waals surface area contributed by atoms with Crippen molar-refractivity contribution in [3.63, 3.8) is 0 Å². The molecule has 2 aromatic rings. The van der Waals surface area contributed by atoms with Gasteiger partial charge in [-0.1, -0.05) is 18.2 Å². The fourth-order valence-corrected chi connectivity index (χ4v) is 1.48. The summed E-state index contributed by atoms with van der Waals surface area (Å²) < 4.78 is 19.9. The first-order chi connectivity index (χ1) is 7.81. The van der Waals surface area contributed by atoms with Crippen LogP contribution in [0.15, 0.2) is 36.5 Å². The molecule has 1 aromatic carbocycles. The summed E-state index contributed by atoms with van der Waals surface area (Å²) in [7, 11) is -1.31. The minimum Gasteiger partial charge on any atom is -0.327 e. The van der Waals surface area contributed by atoms with Crippen LogP contribution < -0.4 is 4.89 Å². The van der Waals surface area contributed by atoms with Gasteiger partial charge in [0.1, 0.15) is 5.52 Å². The van der Waals surface area contributed by atoms with Crippen molar-refractivity contribution >= 4 is 48.7 Å². The summed E-state index contributed by atoms with van der Waals surface area (Å²) in [5, 5.41) is 0.917. The number of pyridine rings is 1. The molecule has 0 amide bonds. The standard InChI is InChI=1S/C10H10NO4P.Na/c1-13-16(12)15-14-9-6-2-4-8-5-3-7-11-10(8)9;/h2-7,16H,1H3;. The first-order valence-electron chi connectivity index (χ1n) is 4.57. The number of para-hydroxylation sites is 1. The summed E-state index contributed by atoms with van der Waals surface area (Å²) in [6.45, 7) is 0. The van der Waals surface area contributed by atoms with Gasteiger partial charge in [-0.05, 0) is 12.1 Å². The van der Waals surface area contributed by atoms with E-state index in [2.05, 4.69) is 14.2 Å². The Bertz CT molecular complexity index is 517. The number of fused-ring (bicyclic) bond motifs is 1. The number of nitrogens with zero attached hydrogens (tertiary/aromatic N) is 1. The average Bonchev–Trinajstić information content (AvgIpc) is 2.35. The van der Waals surface area contributed by atoms with E-state index in [1.165, 1.54) is 7.11 Å². The molecule has 0 spiro atoms. The Kier molecular flexibility index (Phi) is 6.12. The minimum atomic E-state index is -2.59. The van der Waals surface area contributed by atoms with Crippen molar-refractivity contribution in [2.24, 2.45) is 0 Å². The maximum Gasteiger partial charge on any atom is 0.357 e. The smallest absolute Gasteiger partial charge is 0.327 e. The summed E-state index contributed by atoms with van der Waals surface area (Å²) in [5.41, 5.74) is 0.649. The Morgan fingerprint density at radius 2 is 2.00 bits per heavy atom. The largest absolute Gasteiger partial charge is 0.357 e. The second kappa shape index (κ2) is 7.11. The van der Waals surface area contributed by atoms with Crippen molar-refractivity contribution in [3.8, 4) is 5.75 Å². The zero-order valence-electron chi connectivity index (χ0n) is 9.54. The molecule has 0 aliphatic carbocycles. The van der Waals surface area contributed by atoms with Crippen LogP contribution in [0.4, 0.5) is 0 Å². The number of hydrogen-bond acceptors (Lipinski definition) is 5. The SMILES string of the molecule is CO[PH](=O)OOc1cccc2cccnc12.[Na]. The van der Waals surface area contributed by atoms with Crippen LogP contribution in [0.3, 0.4) is 0 Å². The molecule has 0 saturated carbocycles. The molecule has 0 N–H and O–H groups in total. The first kappa shape index (κ1) is 14.6. The summed E-state index contributed by atoms with van der Waals surface area (Å²) in [5.74, 6) is 0.411. The first-order valence-corrected chi connectivity index (χ1v) is 5.80. The van der Waals surface area contributed by atoms with E-state index in [0.29, 0.717) is 11.3 Å². The van der Waals surface area contributed by atoms with Crippen molar-refractivity contribution in [2.75, 3.05) is 7.11 Å². The third-order valence-corrected chi connectivity index (χ3v) is 2.51. The zero-order valence-corrected chi connectivity index (χ0v) is 12.5. The Labute approximate surface area is 121 Å². The Balaban J connectivity index is 0.00000144. The quantitative estimate of drug-likeness (QED) is 0.366. The third kappa shape index (κ3) is 3.78. The molecule has 1 aromatic heterocycles. The van der Waals surface area contributed by atoms with E-state index < -0.39 is 8.25 Å². The van der Waals surface area contributed by atoms with Gasteiger partial charge in [0.05, 0.1) is 0 Å². The number of hydrogen-bond donors (Lipinski definition) is 0. The molecule has 85 valence electrons. The molecule has 0 aliphatic rings. The molecule has 7 heteroatoms. The molecular weight excluding hydrogens is 252 g/mol. The van der Waals surface area contributed by atoms with E-state index >= 15 is 0 Å². The van der Waals surface area contributed by atoms with Crippen LogP contribution in [0.5, 0.6) is 5.75 Å². The maximum absolute atomic E-state index is 10.9. The van der Waals surface area contributed by atoms with Crippen LogP contribution >= 0.6 is 8.25 Å². The Hall–Kier alpha value is -0.420. The van der Waals surface area contributed by atoms with Crippen molar-refractivity contribution in [2.45, 2.75) is 0 Å². The molecule has 1 unspecified atom stereocenters. The Morgan fingerprint density at radius 1 is 1.24 bits per heavy atom.